The van der Waals surface area contributed by atoms with E-state index in [1.54, 1.807) is 0 Å². The van der Waals surface area contributed by atoms with Crippen molar-refractivity contribution in [1.82, 2.24) is 0 Å². The number of hydrogen-bond acceptors (Lipinski definition) is 1. The van der Waals surface area contributed by atoms with E-state index in [-0.39, 0.29) is 0 Å². The summed E-state index contributed by atoms with van der Waals surface area (Å²) >= 11 is 3.42. The van der Waals surface area contributed by atoms with Crippen LogP contribution in [0.25, 0.3) is 0 Å². The standard InChI is InChI=1S/C11H17BrO/c12-9-10-6-4-2-1-3-5-7-11(13)8-10/h6H,1-5,7-9H2/b10-6+. The maximum atomic E-state index is 11.4. The van der Waals surface area contributed by atoms with Gasteiger partial charge in [-0.25, -0.2) is 0 Å². The molecule has 0 bridgehead atoms. The minimum Gasteiger partial charge on any atom is -0.299 e. The van der Waals surface area contributed by atoms with Crippen LogP contribution in [0.3, 0.4) is 0 Å². The van der Waals surface area contributed by atoms with E-state index in [1.165, 1.54) is 24.8 Å². The molecule has 1 nitrogen and oxygen atoms in total. The minimum atomic E-state index is 0.410. The molecule has 0 heterocycles. The van der Waals surface area contributed by atoms with Gasteiger partial charge in [-0.3, -0.25) is 4.79 Å². The van der Waals surface area contributed by atoms with Gasteiger partial charge in [0.25, 0.3) is 0 Å². The summed E-state index contributed by atoms with van der Waals surface area (Å²) in [5.74, 6) is 0.410. The fraction of sp³-hybridized carbons (Fsp3) is 0.727. The van der Waals surface area contributed by atoms with Crippen molar-refractivity contribution in [2.75, 3.05) is 5.33 Å². The van der Waals surface area contributed by atoms with Crippen LogP contribution in [0.5, 0.6) is 0 Å². The van der Waals surface area contributed by atoms with E-state index in [9.17, 15) is 4.79 Å². The van der Waals surface area contributed by atoms with E-state index < -0.39 is 0 Å². The van der Waals surface area contributed by atoms with Crippen LogP contribution in [0.4, 0.5) is 0 Å². The Bertz CT molecular complexity index is 196. The van der Waals surface area contributed by atoms with Crippen LogP contribution >= 0.6 is 15.9 Å². The van der Waals surface area contributed by atoms with E-state index >= 15 is 0 Å². The maximum Gasteiger partial charge on any atom is 0.136 e. The van der Waals surface area contributed by atoms with Crippen molar-refractivity contribution >= 4 is 21.7 Å². The van der Waals surface area contributed by atoms with Crippen molar-refractivity contribution in [2.45, 2.75) is 44.9 Å². The molecule has 0 saturated carbocycles. The molecule has 1 rings (SSSR count). The summed E-state index contributed by atoms with van der Waals surface area (Å²) in [5, 5.41) is 0.860. The number of halogens is 1. The summed E-state index contributed by atoms with van der Waals surface area (Å²) in [6.45, 7) is 0. The van der Waals surface area contributed by atoms with E-state index in [0.717, 1.165) is 24.6 Å². The lowest BCUT2D eigenvalue weighted by Gasteiger charge is -2.07. The average molecular weight is 245 g/mol. The third-order valence-corrected chi connectivity index (χ3v) is 3.16. The first-order valence-electron chi connectivity index (χ1n) is 5.08. The molecule has 0 aromatic rings. The Morgan fingerprint density at radius 3 is 2.77 bits per heavy atom. The first kappa shape index (κ1) is 11.0. The van der Waals surface area contributed by atoms with Gasteiger partial charge in [-0.15, -0.1) is 0 Å². The van der Waals surface area contributed by atoms with Gasteiger partial charge in [0.1, 0.15) is 5.78 Å². The van der Waals surface area contributed by atoms with Crippen LogP contribution in [0.1, 0.15) is 44.9 Å². The molecule has 0 aromatic heterocycles. The normalized spacial score (nSPS) is 25.0. The van der Waals surface area contributed by atoms with Gasteiger partial charge in [0.2, 0.25) is 0 Å². The molecule has 2 heteroatoms. The quantitative estimate of drug-likeness (QED) is 0.509. The lowest BCUT2D eigenvalue weighted by molar-refractivity contribution is -0.118. The van der Waals surface area contributed by atoms with Crippen LogP contribution in [0.2, 0.25) is 0 Å². The van der Waals surface area contributed by atoms with Crippen molar-refractivity contribution in [2.24, 2.45) is 0 Å². The molecule has 0 aliphatic heterocycles. The zero-order valence-electron chi connectivity index (χ0n) is 8.02. The van der Waals surface area contributed by atoms with Gasteiger partial charge >= 0.3 is 0 Å². The molecular formula is C11H17BrO. The van der Waals surface area contributed by atoms with Crippen LogP contribution in [0.15, 0.2) is 11.6 Å². The number of carbonyl (C=O) groups excluding carboxylic acids is 1. The Hall–Kier alpha value is -0.110. The van der Waals surface area contributed by atoms with Gasteiger partial charge in [0.15, 0.2) is 0 Å². The summed E-state index contributed by atoms with van der Waals surface area (Å²) in [5.41, 5.74) is 1.27. The highest BCUT2D eigenvalue weighted by molar-refractivity contribution is 9.09. The number of allylic oxidation sites excluding steroid dienone is 2. The van der Waals surface area contributed by atoms with Crippen LogP contribution in [-0.2, 0) is 4.79 Å². The molecule has 74 valence electrons. The second kappa shape index (κ2) is 6.36. The first-order valence-corrected chi connectivity index (χ1v) is 6.20. The van der Waals surface area contributed by atoms with Crippen molar-refractivity contribution in [1.29, 1.82) is 0 Å². The number of carbonyl (C=O) groups is 1. The number of rotatable bonds is 1. The zero-order chi connectivity index (χ0) is 9.52. The van der Waals surface area contributed by atoms with Crippen molar-refractivity contribution in [3.63, 3.8) is 0 Å². The molecule has 0 radical (unpaired) electrons. The minimum absolute atomic E-state index is 0.410. The third-order valence-electron chi connectivity index (χ3n) is 2.44. The largest absolute Gasteiger partial charge is 0.299 e. The Kier molecular flexibility index (Phi) is 5.37. The summed E-state index contributed by atoms with van der Waals surface area (Å²) < 4.78 is 0. The Morgan fingerprint density at radius 1 is 1.23 bits per heavy atom. The molecule has 13 heavy (non-hydrogen) atoms. The second-order valence-corrected chi connectivity index (χ2v) is 4.23. The van der Waals surface area contributed by atoms with E-state index in [2.05, 4.69) is 22.0 Å². The molecule has 0 amide bonds. The summed E-state index contributed by atoms with van der Waals surface area (Å²) in [7, 11) is 0. The number of ketones is 1. The Morgan fingerprint density at radius 2 is 2.00 bits per heavy atom. The molecular weight excluding hydrogens is 228 g/mol. The molecule has 0 saturated heterocycles. The maximum absolute atomic E-state index is 11.4. The van der Waals surface area contributed by atoms with Crippen LogP contribution in [-0.4, -0.2) is 11.1 Å². The SMILES string of the molecule is O=C1CCCCCC/C=C(/CBr)C1. The molecule has 1 aliphatic carbocycles. The second-order valence-electron chi connectivity index (χ2n) is 3.66. The highest BCUT2D eigenvalue weighted by atomic mass is 79.9. The fourth-order valence-corrected chi connectivity index (χ4v) is 2.07. The lowest BCUT2D eigenvalue weighted by Crippen LogP contribution is -2.02. The average Bonchev–Trinajstić information content (AvgIpc) is 2.15. The first-order chi connectivity index (χ1) is 6.33. The van der Waals surface area contributed by atoms with E-state index in [0.29, 0.717) is 12.2 Å². The summed E-state index contributed by atoms with van der Waals surface area (Å²) in [6, 6.07) is 0. The van der Waals surface area contributed by atoms with Crippen molar-refractivity contribution in [3.8, 4) is 0 Å². The molecule has 0 fully saturated rings. The lowest BCUT2D eigenvalue weighted by atomic mass is 10.0. The van der Waals surface area contributed by atoms with Crippen molar-refractivity contribution < 1.29 is 4.79 Å². The van der Waals surface area contributed by atoms with Crippen LogP contribution in [0, 0.1) is 0 Å². The van der Waals surface area contributed by atoms with E-state index in [1.807, 2.05) is 0 Å². The van der Waals surface area contributed by atoms with Crippen LogP contribution < -0.4 is 0 Å². The van der Waals surface area contributed by atoms with Gasteiger partial charge in [0.05, 0.1) is 0 Å². The topological polar surface area (TPSA) is 17.1 Å². The number of hydrogen-bond donors (Lipinski definition) is 0. The molecule has 0 spiro atoms. The summed E-state index contributed by atoms with van der Waals surface area (Å²) in [4.78, 5) is 11.4. The monoisotopic (exact) mass is 244 g/mol. The molecule has 0 aromatic carbocycles. The number of Topliss-reactive ketones (excluding diaryl/α,β-unsaturated/α-hetero) is 1. The van der Waals surface area contributed by atoms with Gasteiger partial charge in [0, 0.05) is 18.2 Å². The van der Waals surface area contributed by atoms with Gasteiger partial charge < -0.3 is 0 Å². The highest BCUT2D eigenvalue weighted by Crippen LogP contribution is 2.15. The van der Waals surface area contributed by atoms with Gasteiger partial charge in [-0.1, -0.05) is 40.4 Å². The molecule has 0 N–H and O–H groups in total. The summed E-state index contributed by atoms with van der Waals surface area (Å²) in [6.07, 6.45) is 9.71. The fourth-order valence-electron chi connectivity index (χ4n) is 1.64. The predicted molar refractivity (Wildman–Crippen MR) is 59.2 cm³/mol. The zero-order valence-corrected chi connectivity index (χ0v) is 9.61. The number of alkyl halides is 1. The highest BCUT2D eigenvalue weighted by Gasteiger charge is 2.06. The van der Waals surface area contributed by atoms with E-state index in [4.69, 9.17) is 0 Å². The smallest absolute Gasteiger partial charge is 0.136 e. The predicted octanol–water partition coefficient (Wildman–Crippen LogP) is 3.62. The molecule has 0 atom stereocenters. The Balaban J connectivity index is 2.50. The molecule has 0 unspecified atom stereocenters. The van der Waals surface area contributed by atoms with Gasteiger partial charge in [-0.2, -0.15) is 0 Å². The molecule has 1 aliphatic rings. The Labute approximate surface area is 88.7 Å². The van der Waals surface area contributed by atoms with Gasteiger partial charge in [-0.05, 0) is 19.3 Å². The third kappa shape index (κ3) is 4.61. The van der Waals surface area contributed by atoms with Crippen molar-refractivity contribution in [3.05, 3.63) is 11.6 Å².